The molecule has 3 atom stereocenters. The summed E-state index contributed by atoms with van der Waals surface area (Å²) in [6, 6.07) is 8.69. The highest BCUT2D eigenvalue weighted by Crippen LogP contribution is 2.23. The highest BCUT2D eigenvalue weighted by atomic mass is 32.2. The molecule has 6 heteroatoms. The third-order valence-corrected chi connectivity index (χ3v) is 6.80. The van der Waals surface area contributed by atoms with Crippen molar-refractivity contribution in [3.8, 4) is 5.75 Å². The van der Waals surface area contributed by atoms with Crippen LogP contribution in [0.25, 0.3) is 0 Å². The lowest BCUT2D eigenvalue weighted by Crippen LogP contribution is -2.47. The topological polar surface area (TPSA) is 62.7 Å². The van der Waals surface area contributed by atoms with Crippen LogP contribution in [0.3, 0.4) is 0 Å². The number of hydrogen-bond donors (Lipinski definition) is 2. The first kappa shape index (κ1) is 22.7. The van der Waals surface area contributed by atoms with Crippen LogP contribution in [0.1, 0.15) is 52.0 Å². The van der Waals surface area contributed by atoms with Gasteiger partial charge in [0.25, 0.3) is 0 Å². The third-order valence-electron chi connectivity index (χ3n) is 5.06. The molecule has 0 radical (unpaired) electrons. The molecule has 0 amide bonds. The fourth-order valence-electron chi connectivity index (χ4n) is 3.48. The SMILES string of the molecule is CCS(=O)C1CCCC(NC(=NC)NCCc2ccc(OCC(C)C)cc2)C1. The Morgan fingerprint density at radius 3 is 2.68 bits per heavy atom. The van der Waals surface area contributed by atoms with Gasteiger partial charge in [0.1, 0.15) is 5.75 Å². The summed E-state index contributed by atoms with van der Waals surface area (Å²) in [7, 11) is 1.11. The maximum Gasteiger partial charge on any atom is 0.191 e. The van der Waals surface area contributed by atoms with Crippen LogP contribution in [0, 0.1) is 5.92 Å². The Balaban J connectivity index is 1.74. The average Bonchev–Trinajstić information content (AvgIpc) is 2.72. The molecule has 1 aliphatic carbocycles. The van der Waals surface area contributed by atoms with Gasteiger partial charge in [0.15, 0.2) is 5.96 Å². The standard InChI is InChI=1S/C22H37N3O2S/c1-5-28(26)21-8-6-7-19(15-21)25-22(23-4)24-14-13-18-9-11-20(12-10-18)27-16-17(2)3/h9-12,17,19,21H,5-8,13-16H2,1-4H3,(H2,23,24,25). The second-order valence-electron chi connectivity index (χ2n) is 7.90. The summed E-state index contributed by atoms with van der Waals surface area (Å²) in [5.74, 6) is 3.06. The number of benzene rings is 1. The Bertz CT molecular complexity index is 631. The molecule has 1 fully saturated rings. The molecule has 5 nitrogen and oxygen atoms in total. The fraction of sp³-hybridized carbons (Fsp3) is 0.682. The van der Waals surface area contributed by atoms with Crippen molar-refractivity contribution in [3.63, 3.8) is 0 Å². The zero-order valence-electron chi connectivity index (χ0n) is 17.9. The van der Waals surface area contributed by atoms with Gasteiger partial charge in [-0.05, 0) is 49.3 Å². The summed E-state index contributed by atoms with van der Waals surface area (Å²) in [6.45, 7) is 7.88. The van der Waals surface area contributed by atoms with E-state index in [0.717, 1.165) is 62.7 Å². The van der Waals surface area contributed by atoms with Crippen molar-refractivity contribution in [2.45, 2.75) is 64.2 Å². The van der Waals surface area contributed by atoms with E-state index in [9.17, 15) is 4.21 Å². The third kappa shape index (κ3) is 7.82. The van der Waals surface area contributed by atoms with Gasteiger partial charge in [-0.3, -0.25) is 9.20 Å². The van der Waals surface area contributed by atoms with Crippen LogP contribution in [0.4, 0.5) is 0 Å². The van der Waals surface area contributed by atoms with Gasteiger partial charge in [-0.1, -0.05) is 39.3 Å². The van der Waals surface area contributed by atoms with Crippen molar-refractivity contribution in [2.75, 3.05) is 26.0 Å². The lowest BCUT2D eigenvalue weighted by molar-refractivity contribution is 0.271. The van der Waals surface area contributed by atoms with Crippen molar-refractivity contribution in [1.29, 1.82) is 0 Å². The maximum absolute atomic E-state index is 12.1. The van der Waals surface area contributed by atoms with Crippen molar-refractivity contribution in [2.24, 2.45) is 10.9 Å². The van der Waals surface area contributed by atoms with Crippen LogP contribution in [0.5, 0.6) is 5.75 Å². The largest absolute Gasteiger partial charge is 0.493 e. The molecular formula is C22H37N3O2S. The van der Waals surface area contributed by atoms with Crippen molar-refractivity contribution in [3.05, 3.63) is 29.8 Å². The van der Waals surface area contributed by atoms with E-state index in [1.807, 2.05) is 19.1 Å². The number of hydrogen-bond acceptors (Lipinski definition) is 3. The molecule has 158 valence electrons. The Hall–Kier alpha value is -1.56. The molecule has 0 aromatic heterocycles. The number of rotatable bonds is 9. The molecule has 0 saturated heterocycles. The summed E-state index contributed by atoms with van der Waals surface area (Å²) < 4.78 is 17.9. The first-order chi connectivity index (χ1) is 13.5. The number of aliphatic imine (C=N–C) groups is 1. The van der Waals surface area contributed by atoms with Gasteiger partial charge in [-0.25, -0.2) is 0 Å². The monoisotopic (exact) mass is 407 g/mol. The van der Waals surface area contributed by atoms with Crippen LogP contribution in [-0.4, -0.2) is 47.4 Å². The number of nitrogens with zero attached hydrogens (tertiary/aromatic N) is 1. The van der Waals surface area contributed by atoms with Crippen molar-refractivity contribution >= 4 is 16.8 Å². The van der Waals surface area contributed by atoms with Gasteiger partial charge >= 0.3 is 0 Å². The summed E-state index contributed by atoms with van der Waals surface area (Å²) >= 11 is 0. The Morgan fingerprint density at radius 1 is 1.29 bits per heavy atom. The maximum atomic E-state index is 12.1. The smallest absolute Gasteiger partial charge is 0.191 e. The van der Waals surface area contributed by atoms with E-state index in [0.29, 0.717) is 17.2 Å². The Morgan fingerprint density at radius 2 is 2.04 bits per heavy atom. The first-order valence-corrected chi connectivity index (χ1v) is 12.0. The first-order valence-electron chi connectivity index (χ1n) is 10.6. The summed E-state index contributed by atoms with van der Waals surface area (Å²) in [5.41, 5.74) is 1.27. The highest BCUT2D eigenvalue weighted by Gasteiger charge is 2.25. The molecule has 28 heavy (non-hydrogen) atoms. The lowest BCUT2D eigenvalue weighted by Gasteiger charge is -2.30. The van der Waals surface area contributed by atoms with Gasteiger partial charge in [0.2, 0.25) is 0 Å². The molecule has 2 rings (SSSR count). The summed E-state index contributed by atoms with van der Waals surface area (Å²) in [4.78, 5) is 4.36. The van der Waals surface area contributed by atoms with Gasteiger partial charge in [0.05, 0.1) is 6.61 Å². The molecule has 0 bridgehead atoms. The number of guanidine groups is 1. The molecule has 0 heterocycles. The molecular weight excluding hydrogens is 370 g/mol. The quantitative estimate of drug-likeness (QED) is 0.486. The zero-order valence-corrected chi connectivity index (χ0v) is 18.7. The van der Waals surface area contributed by atoms with Gasteiger partial charge in [-0.15, -0.1) is 0 Å². The van der Waals surface area contributed by atoms with Crippen LogP contribution in [-0.2, 0) is 17.2 Å². The van der Waals surface area contributed by atoms with Crippen molar-refractivity contribution < 1.29 is 8.95 Å². The minimum Gasteiger partial charge on any atom is -0.493 e. The van der Waals surface area contributed by atoms with Crippen molar-refractivity contribution in [1.82, 2.24) is 10.6 Å². The van der Waals surface area contributed by atoms with Crippen LogP contribution < -0.4 is 15.4 Å². The number of ether oxygens (including phenoxy) is 1. The fourth-order valence-corrected chi connectivity index (χ4v) is 4.83. The molecule has 1 aromatic carbocycles. The normalized spacial score (nSPS) is 21.4. The van der Waals surface area contributed by atoms with Crippen LogP contribution in [0.2, 0.25) is 0 Å². The van der Waals surface area contributed by atoms with E-state index < -0.39 is 10.8 Å². The Labute approximate surface area is 173 Å². The summed E-state index contributed by atoms with van der Waals surface area (Å²) in [6.07, 6.45) is 5.24. The molecule has 1 aliphatic rings. The second-order valence-corrected chi connectivity index (χ2v) is 9.90. The predicted octanol–water partition coefficient (Wildman–Crippen LogP) is 3.51. The van der Waals surface area contributed by atoms with E-state index >= 15 is 0 Å². The predicted molar refractivity (Wildman–Crippen MR) is 120 cm³/mol. The minimum absolute atomic E-state index is 0.325. The average molecular weight is 408 g/mol. The molecule has 1 aromatic rings. The van der Waals surface area contributed by atoms with Gasteiger partial charge in [-0.2, -0.15) is 0 Å². The van der Waals surface area contributed by atoms with Crippen LogP contribution >= 0.6 is 0 Å². The number of nitrogens with one attached hydrogen (secondary N) is 2. The van der Waals surface area contributed by atoms with E-state index in [1.54, 1.807) is 7.05 Å². The van der Waals surface area contributed by atoms with E-state index in [4.69, 9.17) is 4.74 Å². The molecule has 2 N–H and O–H groups in total. The molecule has 1 saturated carbocycles. The van der Waals surface area contributed by atoms with E-state index in [2.05, 4.69) is 41.6 Å². The molecule has 0 spiro atoms. The zero-order chi connectivity index (χ0) is 20.4. The lowest BCUT2D eigenvalue weighted by atomic mass is 9.95. The van der Waals surface area contributed by atoms with Gasteiger partial charge < -0.3 is 15.4 Å². The van der Waals surface area contributed by atoms with E-state index in [1.165, 1.54) is 5.56 Å². The van der Waals surface area contributed by atoms with E-state index in [-0.39, 0.29) is 0 Å². The summed E-state index contributed by atoms with van der Waals surface area (Å²) in [5, 5.41) is 7.26. The highest BCUT2D eigenvalue weighted by molar-refractivity contribution is 7.85. The molecule has 0 aliphatic heterocycles. The molecule has 3 unspecified atom stereocenters. The Kier molecular flexibility index (Phi) is 9.82. The second kappa shape index (κ2) is 12.1. The van der Waals surface area contributed by atoms with Gasteiger partial charge in [0, 0.05) is 41.4 Å². The minimum atomic E-state index is -0.698. The van der Waals surface area contributed by atoms with Crippen LogP contribution in [0.15, 0.2) is 29.3 Å².